The molecule has 1 saturated heterocycles. The molecule has 0 spiro atoms. The number of halogens is 1. The Kier molecular flexibility index (Phi) is 6.14. The van der Waals surface area contributed by atoms with E-state index in [9.17, 15) is 18.5 Å². The van der Waals surface area contributed by atoms with Gasteiger partial charge in [-0.25, -0.2) is 12.7 Å². The van der Waals surface area contributed by atoms with Gasteiger partial charge in [0.15, 0.2) is 0 Å². The van der Waals surface area contributed by atoms with E-state index in [-0.39, 0.29) is 35.3 Å². The van der Waals surface area contributed by atoms with Crippen LogP contribution in [0.25, 0.3) is 0 Å². The third-order valence-electron chi connectivity index (χ3n) is 4.14. The van der Waals surface area contributed by atoms with Crippen molar-refractivity contribution < 1.29 is 13.3 Å². The molecule has 0 amide bonds. The van der Waals surface area contributed by atoms with Crippen LogP contribution in [0.2, 0.25) is 0 Å². The number of non-ortho nitro benzene ring substituents is 1. The van der Waals surface area contributed by atoms with Crippen LogP contribution < -0.4 is 5.73 Å². The summed E-state index contributed by atoms with van der Waals surface area (Å²) in [5.74, 6) is -0.236. The number of rotatable bonds is 4. The van der Waals surface area contributed by atoms with Crippen LogP contribution in [0.15, 0.2) is 24.3 Å². The molecule has 2 N–H and O–H groups in total. The van der Waals surface area contributed by atoms with Crippen LogP contribution in [-0.2, 0) is 15.8 Å². The Morgan fingerprint density at radius 1 is 1.43 bits per heavy atom. The largest absolute Gasteiger partial charge is 0.327 e. The SMILES string of the molecule is CC1(C)CN(S(=O)(=O)Cc2cccc([N+](=O)[O-])c2)CCC1N.Cl. The Balaban J connectivity index is 0.00000264. The lowest BCUT2D eigenvalue weighted by Gasteiger charge is -2.41. The number of sulfonamides is 1. The van der Waals surface area contributed by atoms with Crippen molar-refractivity contribution in [3.05, 3.63) is 39.9 Å². The molecule has 1 unspecified atom stereocenters. The molecule has 1 atom stereocenters. The van der Waals surface area contributed by atoms with E-state index in [0.29, 0.717) is 25.1 Å². The zero-order chi connectivity index (χ0) is 16.5. The third kappa shape index (κ3) is 4.63. The molecule has 1 aliphatic rings. The number of nitrogens with two attached hydrogens (primary N) is 1. The van der Waals surface area contributed by atoms with Crippen molar-refractivity contribution >= 4 is 28.1 Å². The van der Waals surface area contributed by atoms with E-state index in [1.54, 1.807) is 6.07 Å². The Labute approximate surface area is 142 Å². The number of nitro benzene ring substituents is 1. The molecule has 130 valence electrons. The monoisotopic (exact) mass is 363 g/mol. The van der Waals surface area contributed by atoms with Gasteiger partial charge in [0.25, 0.3) is 5.69 Å². The predicted octanol–water partition coefficient (Wildman–Crippen LogP) is 1.91. The van der Waals surface area contributed by atoms with Crippen LogP contribution in [-0.4, -0.2) is 36.8 Å². The van der Waals surface area contributed by atoms with E-state index in [1.807, 2.05) is 13.8 Å². The van der Waals surface area contributed by atoms with E-state index in [4.69, 9.17) is 5.73 Å². The highest BCUT2D eigenvalue weighted by Gasteiger charge is 2.38. The van der Waals surface area contributed by atoms with E-state index in [1.165, 1.54) is 22.5 Å². The Morgan fingerprint density at radius 3 is 2.65 bits per heavy atom. The van der Waals surface area contributed by atoms with Crippen molar-refractivity contribution in [2.45, 2.75) is 32.1 Å². The molecule has 9 heteroatoms. The van der Waals surface area contributed by atoms with Gasteiger partial charge in [-0.15, -0.1) is 12.4 Å². The van der Waals surface area contributed by atoms with Crippen LogP contribution in [0.4, 0.5) is 5.69 Å². The van der Waals surface area contributed by atoms with Gasteiger partial charge in [-0.1, -0.05) is 26.0 Å². The van der Waals surface area contributed by atoms with Crippen LogP contribution in [0.1, 0.15) is 25.8 Å². The van der Waals surface area contributed by atoms with E-state index < -0.39 is 14.9 Å². The van der Waals surface area contributed by atoms with Crippen molar-refractivity contribution in [2.24, 2.45) is 11.1 Å². The predicted molar refractivity (Wildman–Crippen MR) is 90.9 cm³/mol. The number of hydrogen-bond acceptors (Lipinski definition) is 5. The average Bonchev–Trinajstić information content (AvgIpc) is 2.41. The molecule has 0 aromatic heterocycles. The summed E-state index contributed by atoms with van der Waals surface area (Å²) < 4.78 is 26.5. The van der Waals surface area contributed by atoms with Crippen LogP contribution in [0.5, 0.6) is 0 Å². The van der Waals surface area contributed by atoms with Crippen molar-refractivity contribution in [1.29, 1.82) is 0 Å². The normalized spacial score (nSPS) is 21.4. The maximum Gasteiger partial charge on any atom is 0.269 e. The molecule has 1 aromatic rings. The second-order valence-corrected chi connectivity index (χ2v) is 8.37. The fourth-order valence-corrected chi connectivity index (χ4v) is 4.32. The van der Waals surface area contributed by atoms with Crippen LogP contribution in [0, 0.1) is 15.5 Å². The summed E-state index contributed by atoms with van der Waals surface area (Å²) in [4.78, 5) is 10.2. The molecule has 23 heavy (non-hydrogen) atoms. The summed E-state index contributed by atoms with van der Waals surface area (Å²) in [5.41, 5.74) is 6.06. The maximum absolute atomic E-state index is 12.5. The van der Waals surface area contributed by atoms with E-state index in [2.05, 4.69) is 0 Å². The molecular weight excluding hydrogens is 342 g/mol. The molecule has 1 aromatic carbocycles. The van der Waals surface area contributed by atoms with Gasteiger partial charge in [-0.3, -0.25) is 10.1 Å². The summed E-state index contributed by atoms with van der Waals surface area (Å²) in [5, 5.41) is 10.8. The number of nitro groups is 1. The first-order chi connectivity index (χ1) is 10.1. The van der Waals surface area contributed by atoms with E-state index in [0.717, 1.165) is 0 Å². The van der Waals surface area contributed by atoms with Gasteiger partial charge in [0, 0.05) is 31.3 Å². The van der Waals surface area contributed by atoms with Gasteiger partial charge in [0.2, 0.25) is 10.0 Å². The molecule has 2 rings (SSSR count). The van der Waals surface area contributed by atoms with Gasteiger partial charge in [-0.2, -0.15) is 0 Å². The first-order valence-corrected chi connectivity index (χ1v) is 8.69. The minimum absolute atomic E-state index is 0. The molecule has 0 radical (unpaired) electrons. The molecule has 0 aliphatic carbocycles. The van der Waals surface area contributed by atoms with E-state index >= 15 is 0 Å². The van der Waals surface area contributed by atoms with Gasteiger partial charge < -0.3 is 5.73 Å². The lowest BCUT2D eigenvalue weighted by Crippen LogP contribution is -2.54. The summed E-state index contributed by atoms with van der Waals surface area (Å²) >= 11 is 0. The Morgan fingerprint density at radius 2 is 2.09 bits per heavy atom. The number of nitrogens with zero attached hydrogens (tertiary/aromatic N) is 2. The summed E-state index contributed by atoms with van der Waals surface area (Å²) in [7, 11) is -3.52. The first-order valence-electron chi connectivity index (χ1n) is 7.08. The highest BCUT2D eigenvalue weighted by Crippen LogP contribution is 2.30. The second kappa shape index (κ2) is 7.12. The van der Waals surface area contributed by atoms with Crippen LogP contribution >= 0.6 is 12.4 Å². The third-order valence-corrected chi connectivity index (χ3v) is 5.94. The van der Waals surface area contributed by atoms with Gasteiger partial charge in [-0.05, 0) is 17.4 Å². The average molecular weight is 364 g/mol. The van der Waals surface area contributed by atoms with Gasteiger partial charge >= 0.3 is 0 Å². The Hall–Kier alpha value is -1.22. The zero-order valence-corrected chi connectivity index (χ0v) is 14.8. The second-order valence-electron chi connectivity index (χ2n) is 6.40. The van der Waals surface area contributed by atoms with Crippen molar-refractivity contribution in [3.8, 4) is 0 Å². The fraction of sp³-hybridized carbons (Fsp3) is 0.571. The highest BCUT2D eigenvalue weighted by molar-refractivity contribution is 7.88. The van der Waals surface area contributed by atoms with Gasteiger partial charge in [0.05, 0.1) is 10.7 Å². The number of hydrogen-bond donors (Lipinski definition) is 1. The first kappa shape index (κ1) is 19.8. The quantitative estimate of drug-likeness (QED) is 0.649. The van der Waals surface area contributed by atoms with Crippen molar-refractivity contribution in [1.82, 2.24) is 4.31 Å². The minimum atomic E-state index is -3.52. The van der Waals surface area contributed by atoms with Crippen LogP contribution in [0.3, 0.4) is 0 Å². The Bertz CT molecular complexity index is 678. The maximum atomic E-state index is 12.5. The molecule has 1 heterocycles. The van der Waals surface area contributed by atoms with Crippen molar-refractivity contribution in [2.75, 3.05) is 13.1 Å². The molecule has 7 nitrogen and oxygen atoms in total. The molecule has 0 bridgehead atoms. The standard InChI is InChI=1S/C14H21N3O4S.ClH/c1-14(2)10-16(7-6-13(14)15)22(20,21)9-11-4-3-5-12(8-11)17(18)19;/h3-5,8,13H,6-7,9-10,15H2,1-2H3;1H. The fourth-order valence-electron chi connectivity index (χ4n) is 2.62. The summed E-state index contributed by atoms with van der Waals surface area (Å²) in [6.45, 7) is 4.66. The molecule has 1 fully saturated rings. The zero-order valence-electron chi connectivity index (χ0n) is 13.1. The summed E-state index contributed by atoms with van der Waals surface area (Å²) in [6, 6.07) is 5.71. The van der Waals surface area contributed by atoms with Crippen molar-refractivity contribution in [3.63, 3.8) is 0 Å². The summed E-state index contributed by atoms with van der Waals surface area (Å²) in [6.07, 6.45) is 0.612. The lowest BCUT2D eigenvalue weighted by atomic mass is 9.81. The molecular formula is C14H22ClN3O4S. The molecule has 1 aliphatic heterocycles. The molecule has 0 saturated carbocycles. The number of benzene rings is 1. The highest BCUT2D eigenvalue weighted by atomic mass is 35.5. The number of piperidine rings is 1. The smallest absolute Gasteiger partial charge is 0.269 e. The topological polar surface area (TPSA) is 107 Å². The van der Waals surface area contributed by atoms with Gasteiger partial charge in [0.1, 0.15) is 0 Å². The minimum Gasteiger partial charge on any atom is -0.327 e. The lowest BCUT2D eigenvalue weighted by molar-refractivity contribution is -0.384.